The van der Waals surface area contributed by atoms with Crippen LogP contribution in [0.3, 0.4) is 0 Å². The van der Waals surface area contributed by atoms with Crippen molar-refractivity contribution in [2.75, 3.05) is 13.2 Å². The molecule has 2 heterocycles. The monoisotopic (exact) mass is 362 g/mol. The molecule has 0 spiro atoms. The molecule has 140 valence electrons. The molecule has 0 radical (unpaired) electrons. The van der Waals surface area contributed by atoms with Crippen LogP contribution in [0.15, 0.2) is 22.7 Å². The lowest BCUT2D eigenvalue weighted by atomic mass is 9.92. The van der Waals surface area contributed by atoms with Crippen LogP contribution in [0.1, 0.15) is 37.3 Å². The summed E-state index contributed by atoms with van der Waals surface area (Å²) in [5.41, 5.74) is 7.13. The largest absolute Gasteiger partial charge is 0.381 e. The highest BCUT2D eigenvalue weighted by Gasteiger charge is 2.28. The normalized spacial score (nSPS) is 17.7. The standard InChI is InChI=1S/C18H23FN4O3/c1-10-3-4-13(9-14(10)19)16-22-18(26-23-16)11(2)21-17(24)15(20)12-5-7-25-8-6-12/h3-4,9,11-12,15H,5-8,20H2,1-2H3,(H,21,24). The van der Waals surface area contributed by atoms with Crippen molar-refractivity contribution < 1.29 is 18.4 Å². The van der Waals surface area contributed by atoms with E-state index in [9.17, 15) is 9.18 Å². The van der Waals surface area contributed by atoms with Crippen LogP contribution in [-0.4, -0.2) is 35.3 Å². The second-order valence-electron chi connectivity index (χ2n) is 6.63. The van der Waals surface area contributed by atoms with Gasteiger partial charge in [-0.1, -0.05) is 17.3 Å². The summed E-state index contributed by atoms with van der Waals surface area (Å²) in [4.78, 5) is 16.6. The third-order valence-corrected chi connectivity index (χ3v) is 4.68. The number of nitrogens with one attached hydrogen (secondary N) is 1. The van der Waals surface area contributed by atoms with Gasteiger partial charge in [0, 0.05) is 18.8 Å². The molecular weight excluding hydrogens is 339 g/mol. The molecule has 1 fully saturated rings. The highest BCUT2D eigenvalue weighted by molar-refractivity contribution is 5.82. The van der Waals surface area contributed by atoms with E-state index in [0.717, 1.165) is 12.8 Å². The molecule has 0 saturated carbocycles. The van der Waals surface area contributed by atoms with Crippen molar-refractivity contribution >= 4 is 5.91 Å². The second kappa shape index (κ2) is 7.92. The van der Waals surface area contributed by atoms with Crippen LogP contribution in [0.5, 0.6) is 0 Å². The van der Waals surface area contributed by atoms with Gasteiger partial charge in [-0.25, -0.2) is 4.39 Å². The summed E-state index contributed by atoms with van der Waals surface area (Å²) in [5.74, 6) is 0.0233. The number of amides is 1. The van der Waals surface area contributed by atoms with Crippen LogP contribution < -0.4 is 11.1 Å². The van der Waals surface area contributed by atoms with Crippen molar-refractivity contribution in [1.82, 2.24) is 15.5 Å². The number of hydrogen-bond acceptors (Lipinski definition) is 6. The molecule has 1 aromatic carbocycles. The van der Waals surface area contributed by atoms with Gasteiger partial charge in [0.05, 0.1) is 6.04 Å². The Morgan fingerprint density at radius 2 is 2.12 bits per heavy atom. The minimum atomic E-state index is -0.602. The number of aryl methyl sites for hydroxylation is 1. The predicted octanol–water partition coefficient (Wildman–Crippen LogP) is 2.12. The van der Waals surface area contributed by atoms with Crippen molar-refractivity contribution in [1.29, 1.82) is 0 Å². The van der Waals surface area contributed by atoms with Crippen LogP contribution in [-0.2, 0) is 9.53 Å². The van der Waals surface area contributed by atoms with Crippen LogP contribution in [0.2, 0.25) is 0 Å². The summed E-state index contributed by atoms with van der Waals surface area (Å²) in [7, 11) is 0. The maximum absolute atomic E-state index is 13.7. The number of benzene rings is 1. The van der Waals surface area contributed by atoms with Gasteiger partial charge < -0.3 is 20.3 Å². The van der Waals surface area contributed by atoms with E-state index in [1.165, 1.54) is 6.07 Å². The zero-order chi connectivity index (χ0) is 18.7. The minimum absolute atomic E-state index is 0.102. The SMILES string of the molecule is Cc1ccc(-c2noc(C(C)NC(=O)C(N)C3CCOCC3)n2)cc1F. The lowest BCUT2D eigenvalue weighted by molar-refractivity contribution is -0.125. The van der Waals surface area contributed by atoms with Crippen molar-refractivity contribution in [3.05, 3.63) is 35.5 Å². The molecule has 3 N–H and O–H groups in total. The molecule has 3 rings (SSSR count). The molecule has 2 unspecified atom stereocenters. The Balaban J connectivity index is 1.64. The predicted molar refractivity (Wildman–Crippen MR) is 92.5 cm³/mol. The molecule has 2 aromatic rings. The molecule has 0 bridgehead atoms. The summed E-state index contributed by atoms with van der Waals surface area (Å²) in [6.07, 6.45) is 1.54. The molecule has 1 amide bonds. The van der Waals surface area contributed by atoms with Crippen LogP contribution in [0.4, 0.5) is 4.39 Å². The van der Waals surface area contributed by atoms with Crippen molar-refractivity contribution in [2.45, 2.75) is 38.8 Å². The highest BCUT2D eigenvalue weighted by atomic mass is 19.1. The molecular formula is C18H23FN4O3. The maximum atomic E-state index is 13.7. The number of hydrogen-bond donors (Lipinski definition) is 2. The van der Waals surface area contributed by atoms with Gasteiger partial charge in [0.2, 0.25) is 17.6 Å². The first-order valence-electron chi connectivity index (χ1n) is 8.69. The lowest BCUT2D eigenvalue weighted by Crippen LogP contribution is -2.47. The van der Waals surface area contributed by atoms with E-state index in [4.69, 9.17) is 15.0 Å². The van der Waals surface area contributed by atoms with Crippen LogP contribution in [0, 0.1) is 18.7 Å². The van der Waals surface area contributed by atoms with Crippen LogP contribution in [0.25, 0.3) is 11.4 Å². The van der Waals surface area contributed by atoms with E-state index in [0.29, 0.717) is 24.3 Å². The van der Waals surface area contributed by atoms with Gasteiger partial charge in [-0.05, 0) is 44.2 Å². The fraction of sp³-hybridized carbons (Fsp3) is 0.500. The number of carbonyl (C=O) groups is 1. The number of rotatable bonds is 5. The van der Waals surface area contributed by atoms with E-state index < -0.39 is 12.1 Å². The Morgan fingerprint density at radius 1 is 1.38 bits per heavy atom. The Hall–Kier alpha value is -2.32. The molecule has 1 saturated heterocycles. The Morgan fingerprint density at radius 3 is 2.81 bits per heavy atom. The van der Waals surface area contributed by atoms with Gasteiger partial charge in [0.15, 0.2) is 0 Å². The van der Waals surface area contributed by atoms with Gasteiger partial charge >= 0.3 is 0 Å². The fourth-order valence-electron chi connectivity index (χ4n) is 2.92. The zero-order valence-electron chi connectivity index (χ0n) is 14.9. The lowest BCUT2D eigenvalue weighted by Gasteiger charge is -2.27. The van der Waals surface area contributed by atoms with Gasteiger partial charge in [-0.3, -0.25) is 4.79 Å². The Kier molecular flexibility index (Phi) is 5.63. The molecule has 8 heteroatoms. The van der Waals surface area contributed by atoms with Crippen molar-refractivity contribution in [3.8, 4) is 11.4 Å². The molecule has 1 aliphatic heterocycles. The molecule has 0 aliphatic carbocycles. The molecule has 26 heavy (non-hydrogen) atoms. The molecule has 2 atom stereocenters. The molecule has 1 aromatic heterocycles. The summed E-state index contributed by atoms with van der Waals surface area (Å²) in [5, 5.41) is 6.67. The summed E-state index contributed by atoms with van der Waals surface area (Å²) < 4.78 is 24.2. The van der Waals surface area contributed by atoms with Gasteiger partial charge in [-0.2, -0.15) is 4.98 Å². The van der Waals surface area contributed by atoms with E-state index >= 15 is 0 Å². The number of nitrogens with zero attached hydrogens (tertiary/aromatic N) is 2. The van der Waals surface area contributed by atoms with Crippen molar-refractivity contribution in [3.63, 3.8) is 0 Å². The fourth-order valence-corrected chi connectivity index (χ4v) is 2.92. The number of carbonyl (C=O) groups excluding carboxylic acids is 1. The summed E-state index contributed by atoms with van der Waals surface area (Å²) >= 11 is 0. The number of ether oxygens (including phenoxy) is 1. The van der Waals surface area contributed by atoms with Gasteiger partial charge in [0.25, 0.3) is 0 Å². The summed E-state index contributed by atoms with van der Waals surface area (Å²) in [6, 6.07) is 3.63. The second-order valence-corrected chi connectivity index (χ2v) is 6.63. The maximum Gasteiger partial charge on any atom is 0.249 e. The van der Waals surface area contributed by atoms with E-state index in [-0.39, 0.29) is 29.4 Å². The zero-order valence-corrected chi connectivity index (χ0v) is 14.9. The number of nitrogens with two attached hydrogens (primary N) is 1. The average molecular weight is 362 g/mol. The first-order chi connectivity index (χ1) is 12.5. The number of aromatic nitrogens is 2. The number of halogens is 1. The minimum Gasteiger partial charge on any atom is -0.381 e. The van der Waals surface area contributed by atoms with Crippen molar-refractivity contribution in [2.24, 2.45) is 11.7 Å². The Labute approximate surface area is 151 Å². The third-order valence-electron chi connectivity index (χ3n) is 4.68. The smallest absolute Gasteiger partial charge is 0.249 e. The van der Waals surface area contributed by atoms with E-state index in [1.54, 1.807) is 26.0 Å². The quantitative estimate of drug-likeness (QED) is 0.844. The summed E-state index contributed by atoms with van der Waals surface area (Å²) in [6.45, 7) is 4.67. The Bertz CT molecular complexity index is 774. The first kappa shape index (κ1) is 18.5. The topological polar surface area (TPSA) is 103 Å². The first-order valence-corrected chi connectivity index (χ1v) is 8.69. The van der Waals surface area contributed by atoms with Gasteiger partial charge in [-0.15, -0.1) is 0 Å². The highest BCUT2D eigenvalue weighted by Crippen LogP contribution is 2.22. The van der Waals surface area contributed by atoms with E-state index in [1.807, 2.05) is 0 Å². The third kappa shape index (κ3) is 4.08. The average Bonchev–Trinajstić information content (AvgIpc) is 3.14. The van der Waals surface area contributed by atoms with E-state index in [2.05, 4.69) is 15.5 Å². The molecule has 7 nitrogen and oxygen atoms in total. The van der Waals surface area contributed by atoms with Crippen LogP contribution >= 0.6 is 0 Å². The van der Waals surface area contributed by atoms with Gasteiger partial charge in [0.1, 0.15) is 11.9 Å². The molecule has 1 aliphatic rings.